The summed E-state index contributed by atoms with van der Waals surface area (Å²) in [6, 6.07) is 7.24. The molecule has 1 aliphatic carbocycles. The van der Waals surface area contributed by atoms with Gasteiger partial charge in [0.25, 0.3) is 0 Å². The van der Waals surface area contributed by atoms with Crippen molar-refractivity contribution in [2.75, 3.05) is 19.6 Å². The lowest BCUT2D eigenvalue weighted by Gasteiger charge is -2.33. The van der Waals surface area contributed by atoms with Gasteiger partial charge in [0.15, 0.2) is 5.78 Å². The fraction of sp³-hybridized carbons (Fsp3) is 0.619. The Balaban J connectivity index is 1.38. The highest BCUT2D eigenvalue weighted by Gasteiger charge is 2.28. The van der Waals surface area contributed by atoms with Crippen molar-refractivity contribution >= 4 is 23.3 Å². The molecule has 1 aromatic rings. The highest BCUT2D eigenvalue weighted by Crippen LogP contribution is 2.31. The molecule has 142 valence electrons. The summed E-state index contributed by atoms with van der Waals surface area (Å²) in [4.78, 5) is 26.4. The van der Waals surface area contributed by atoms with Crippen LogP contribution in [-0.2, 0) is 4.79 Å². The first kappa shape index (κ1) is 19.4. The molecule has 0 spiro atoms. The maximum absolute atomic E-state index is 12.6. The van der Waals surface area contributed by atoms with Crippen LogP contribution in [0.3, 0.4) is 0 Å². The highest BCUT2D eigenvalue weighted by molar-refractivity contribution is 6.30. The molecule has 3 rings (SSSR count). The normalized spacial score (nSPS) is 25.1. The summed E-state index contributed by atoms with van der Waals surface area (Å²) in [5, 5.41) is 0.668. The molecule has 2 aliphatic rings. The Morgan fingerprint density at radius 1 is 0.962 bits per heavy atom. The molecule has 0 aromatic heterocycles. The monoisotopic (exact) mass is 376 g/mol. The number of carbonyl (C=O) groups excluding carboxylic acids is 2. The molecule has 1 heterocycles. The van der Waals surface area contributed by atoms with Gasteiger partial charge in [0.05, 0.1) is 0 Å². The summed E-state index contributed by atoms with van der Waals surface area (Å²) >= 11 is 5.90. The second-order valence-corrected chi connectivity index (χ2v) is 8.33. The van der Waals surface area contributed by atoms with E-state index in [9.17, 15) is 9.59 Å². The number of nitrogens with zero attached hydrogens (tertiary/aromatic N) is 1. The van der Waals surface area contributed by atoms with Gasteiger partial charge < -0.3 is 10.6 Å². The number of benzene rings is 1. The summed E-state index contributed by atoms with van der Waals surface area (Å²) in [7, 11) is 0. The third-order valence-corrected chi connectivity index (χ3v) is 6.44. The van der Waals surface area contributed by atoms with Gasteiger partial charge in [-0.05, 0) is 94.8 Å². The van der Waals surface area contributed by atoms with Crippen molar-refractivity contribution in [2.24, 2.45) is 23.5 Å². The van der Waals surface area contributed by atoms with Gasteiger partial charge >= 0.3 is 0 Å². The first-order valence-corrected chi connectivity index (χ1v) is 10.2. The average Bonchev–Trinajstić information content (AvgIpc) is 2.67. The quantitative estimate of drug-likeness (QED) is 0.765. The Kier molecular flexibility index (Phi) is 6.71. The van der Waals surface area contributed by atoms with Crippen LogP contribution in [0, 0.1) is 17.8 Å². The Morgan fingerprint density at radius 2 is 1.58 bits per heavy atom. The van der Waals surface area contributed by atoms with E-state index in [-0.39, 0.29) is 23.5 Å². The molecule has 1 aromatic carbocycles. The third kappa shape index (κ3) is 5.08. The fourth-order valence-corrected chi connectivity index (χ4v) is 4.50. The molecule has 0 atom stereocenters. The molecular formula is C21H29ClN2O2. The van der Waals surface area contributed by atoms with Crippen molar-refractivity contribution < 1.29 is 9.59 Å². The van der Waals surface area contributed by atoms with Crippen LogP contribution in [0.1, 0.15) is 55.3 Å². The third-order valence-electron chi connectivity index (χ3n) is 6.19. The van der Waals surface area contributed by atoms with Crippen molar-refractivity contribution in [2.45, 2.75) is 44.9 Å². The summed E-state index contributed by atoms with van der Waals surface area (Å²) in [5.74, 6) is 1.08. The minimum Gasteiger partial charge on any atom is -0.369 e. The van der Waals surface area contributed by atoms with Crippen LogP contribution in [0.4, 0.5) is 0 Å². The smallest absolute Gasteiger partial charge is 0.220 e. The van der Waals surface area contributed by atoms with Gasteiger partial charge in [0.2, 0.25) is 5.91 Å². The van der Waals surface area contributed by atoms with Crippen molar-refractivity contribution in [3.63, 3.8) is 0 Å². The zero-order valence-corrected chi connectivity index (χ0v) is 16.1. The van der Waals surface area contributed by atoms with Gasteiger partial charge in [-0.1, -0.05) is 11.6 Å². The van der Waals surface area contributed by atoms with Crippen molar-refractivity contribution in [1.82, 2.24) is 4.90 Å². The molecule has 1 saturated carbocycles. The van der Waals surface area contributed by atoms with E-state index in [1.54, 1.807) is 12.1 Å². The summed E-state index contributed by atoms with van der Waals surface area (Å²) < 4.78 is 0. The molecule has 1 amide bonds. The number of hydrogen-bond acceptors (Lipinski definition) is 3. The number of rotatable bonds is 6. The molecule has 0 unspecified atom stereocenters. The average molecular weight is 377 g/mol. The molecule has 5 heteroatoms. The van der Waals surface area contributed by atoms with Gasteiger partial charge in [-0.2, -0.15) is 0 Å². The Hall–Kier alpha value is -1.39. The summed E-state index contributed by atoms with van der Waals surface area (Å²) in [5.41, 5.74) is 6.19. The van der Waals surface area contributed by atoms with E-state index in [0.717, 1.165) is 69.6 Å². The van der Waals surface area contributed by atoms with Crippen LogP contribution < -0.4 is 5.73 Å². The van der Waals surface area contributed by atoms with E-state index in [0.29, 0.717) is 5.02 Å². The van der Waals surface area contributed by atoms with E-state index in [2.05, 4.69) is 4.90 Å². The second-order valence-electron chi connectivity index (χ2n) is 7.90. The summed E-state index contributed by atoms with van der Waals surface area (Å²) in [6.07, 6.45) is 7.24. The number of piperidine rings is 1. The fourth-order valence-electron chi connectivity index (χ4n) is 4.37. The minimum atomic E-state index is -0.129. The molecule has 2 fully saturated rings. The van der Waals surface area contributed by atoms with Crippen LogP contribution >= 0.6 is 11.6 Å². The van der Waals surface area contributed by atoms with E-state index in [1.165, 1.54) is 6.42 Å². The Labute approximate surface area is 161 Å². The number of halogens is 1. The minimum absolute atomic E-state index is 0.0980. The van der Waals surface area contributed by atoms with Gasteiger partial charge in [-0.25, -0.2) is 0 Å². The van der Waals surface area contributed by atoms with Crippen LogP contribution in [0.5, 0.6) is 0 Å². The maximum Gasteiger partial charge on any atom is 0.220 e. The lowest BCUT2D eigenvalue weighted by atomic mass is 9.80. The predicted molar refractivity (Wildman–Crippen MR) is 104 cm³/mol. The first-order valence-electron chi connectivity index (χ1n) is 9.84. The molecule has 1 saturated heterocycles. The Morgan fingerprint density at radius 3 is 2.15 bits per heavy atom. The predicted octanol–water partition coefficient (Wildman–Crippen LogP) is 3.92. The van der Waals surface area contributed by atoms with E-state index in [1.807, 2.05) is 12.1 Å². The standard InChI is InChI=1S/C21H29ClN2O2/c22-19-7-5-16(6-8-19)20(25)17-10-13-24(14-11-17)12-9-15-1-3-18(4-2-15)21(23)26/h5-8,15,17-18H,1-4,9-14H2,(H2,23,26)/t15-,18-. The SMILES string of the molecule is NC(=O)[C@H]1CC[C@H](CCN2CCC(C(=O)c3ccc(Cl)cc3)CC2)CC1. The van der Waals surface area contributed by atoms with Crippen molar-refractivity contribution in [3.05, 3.63) is 34.9 Å². The summed E-state index contributed by atoms with van der Waals surface area (Å²) in [6.45, 7) is 3.11. The molecule has 0 radical (unpaired) electrons. The number of likely N-dealkylation sites (tertiary alicyclic amines) is 1. The van der Waals surface area contributed by atoms with Crippen LogP contribution in [0.2, 0.25) is 5.02 Å². The second kappa shape index (κ2) is 9.01. The van der Waals surface area contributed by atoms with Gasteiger partial charge in [-0.3, -0.25) is 9.59 Å². The highest BCUT2D eigenvalue weighted by atomic mass is 35.5. The van der Waals surface area contributed by atoms with E-state index < -0.39 is 0 Å². The lowest BCUT2D eigenvalue weighted by molar-refractivity contribution is -0.123. The number of primary amides is 1. The molecular weight excluding hydrogens is 348 g/mol. The molecule has 0 bridgehead atoms. The maximum atomic E-state index is 12.6. The number of ketones is 1. The van der Waals surface area contributed by atoms with Crippen LogP contribution in [0.15, 0.2) is 24.3 Å². The number of Topliss-reactive ketones (excluding diaryl/α,β-unsaturated/α-hetero) is 1. The molecule has 1 aliphatic heterocycles. The molecule has 26 heavy (non-hydrogen) atoms. The first-order chi connectivity index (χ1) is 12.5. The van der Waals surface area contributed by atoms with Crippen LogP contribution in [-0.4, -0.2) is 36.2 Å². The number of nitrogens with two attached hydrogens (primary N) is 1. The number of amides is 1. The number of hydrogen-bond donors (Lipinski definition) is 1. The van der Waals surface area contributed by atoms with E-state index >= 15 is 0 Å². The van der Waals surface area contributed by atoms with Crippen molar-refractivity contribution in [1.29, 1.82) is 0 Å². The topological polar surface area (TPSA) is 63.4 Å². The van der Waals surface area contributed by atoms with E-state index in [4.69, 9.17) is 17.3 Å². The Bertz CT molecular complexity index is 615. The molecule has 4 nitrogen and oxygen atoms in total. The zero-order valence-electron chi connectivity index (χ0n) is 15.3. The van der Waals surface area contributed by atoms with Gasteiger partial charge in [-0.15, -0.1) is 0 Å². The van der Waals surface area contributed by atoms with Crippen LogP contribution in [0.25, 0.3) is 0 Å². The zero-order chi connectivity index (χ0) is 18.5. The molecule has 2 N–H and O–H groups in total. The number of carbonyl (C=O) groups is 2. The largest absolute Gasteiger partial charge is 0.369 e. The van der Waals surface area contributed by atoms with Crippen molar-refractivity contribution in [3.8, 4) is 0 Å². The lowest BCUT2D eigenvalue weighted by Crippen LogP contribution is -2.37. The van der Waals surface area contributed by atoms with Gasteiger partial charge in [0, 0.05) is 22.4 Å². The van der Waals surface area contributed by atoms with Gasteiger partial charge in [0.1, 0.15) is 0 Å².